The van der Waals surface area contributed by atoms with Gasteiger partial charge in [-0.1, -0.05) is 32.0 Å². The third kappa shape index (κ3) is 4.88. The maximum Gasteiger partial charge on any atom is 0.228 e. The summed E-state index contributed by atoms with van der Waals surface area (Å²) >= 11 is 0. The summed E-state index contributed by atoms with van der Waals surface area (Å²) in [6, 6.07) is 9.93. The average molecular weight is 326 g/mol. The van der Waals surface area contributed by atoms with Crippen molar-refractivity contribution < 1.29 is 4.79 Å². The van der Waals surface area contributed by atoms with E-state index in [1.165, 1.54) is 0 Å². The highest BCUT2D eigenvalue weighted by Crippen LogP contribution is 2.28. The fourth-order valence-corrected chi connectivity index (χ4v) is 2.65. The van der Waals surface area contributed by atoms with E-state index in [0.29, 0.717) is 6.42 Å². The van der Waals surface area contributed by atoms with Crippen molar-refractivity contribution in [1.29, 1.82) is 0 Å². The number of rotatable bonds is 5. The minimum absolute atomic E-state index is 0.0679. The van der Waals surface area contributed by atoms with Crippen molar-refractivity contribution in [3.8, 4) is 11.1 Å². The zero-order valence-corrected chi connectivity index (χ0v) is 14.5. The Morgan fingerprint density at radius 1 is 1.21 bits per heavy atom. The van der Waals surface area contributed by atoms with Crippen molar-refractivity contribution in [2.24, 2.45) is 5.73 Å². The molecule has 1 aliphatic heterocycles. The van der Waals surface area contributed by atoms with E-state index in [9.17, 15) is 4.79 Å². The second-order valence-electron chi connectivity index (χ2n) is 5.65. The molecule has 0 atom stereocenters. The van der Waals surface area contributed by atoms with Gasteiger partial charge in [0.2, 0.25) is 5.91 Å². The van der Waals surface area contributed by atoms with E-state index < -0.39 is 0 Å². The van der Waals surface area contributed by atoms with E-state index in [0.717, 1.165) is 48.6 Å². The molecule has 1 aromatic carbocycles. The van der Waals surface area contributed by atoms with Crippen LogP contribution in [0.4, 0.5) is 5.69 Å². The van der Waals surface area contributed by atoms with Crippen LogP contribution in [0.25, 0.3) is 11.1 Å². The molecule has 128 valence electrons. The summed E-state index contributed by atoms with van der Waals surface area (Å²) < 4.78 is 0. The van der Waals surface area contributed by atoms with E-state index in [1.54, 1.807) is 6.20 Å². The molecule has 1 aliphatic rings. The second kappa shape index (κ2) is 9.15. The summed E-state index contributed by atoms with van der Waals surface area (Å²) in [5.41, 5.74) is 9.47. The number of pyridine rings is 1. The van der Waals surface area contributed by atoms with Gasteiger partial charge in [-0.05, 0) is 36.3 Å². The minimum atomic E-state index is 0.0679. The Balaban J connectivity index is 0.000000224. The molecule has 0 bridgehead atoms. The van der Waals surface area contributed by atoms with Gasteiger partial charge in [0.05, 0.1) is 6.42 Å². The van der Waals surface area contributed by atoms with Crippen LogP contribution in [0.3, 0.4) is 0 Å². The number of likely N-dealkylation sites (N-methyl/N-ethyl adjacent to an activating group) is 1. The van der Waals surface area contributed by atoms with Crippen molar-refractivity contribution in [1.82, 2.24) is 9.88 Å². The summed E-state index contributed by atoms with van der Waals surface area (Å²) in [4.78, 5) is 17.6. The minimum Gasteiger partial charge on any atom is -0.329 e. The first kappa shape index (κ1) is 18.1. The topological polar surface area (TPSA) is 71.2 Å². The normalized spacial score (nSPS) is 12.4. The fourth-order valence-electron chi connectivity index (χ4n) is 2.65. The van der Waals surface area contributed by atoms with Crippen LogP contribution in [0.1, 0.15) is 19.4 Å². The quantitative estimate of drug-likeness (QED) is 0.886. The lowest BCUT2D eigenvalue weighted by atomic mass is 10.0. The van der Waals surface area contributed by atoms with Gasteiger partial charge in [-0.25, -0.2) is 0 Å². The van der Waals surface area contributed by atoms with Gasteiger partial charge in [0, 0.05) is 36.7 Å². The van der Waals surface area contributed by atoms with Crippen LogP contribution in [0.5, 0.6) is 0 Å². The Kier molecular flexibility index (Phi) is 6.90. The van der Waals surface area contributed by atoms with Gasteiger partial charge in [0.15, 0.2) is 0 Å². The van der Waals surface area contributed by atoms with E-state index in [1.807, 2.05) is 36.5 Å². The highest BCUT2D eigenvalue weighted by Gasteiger charge is 2.17. The molecule has 5 heteroatoms. The Labute approximate surface area is 143 Å². The van der Waals surface area contributed by atoms with Gasteiger partial charge < -0.3 is 16.0 Å². The van der Waals surface area contributed by atoms with Gasteiger partial charge in [-0.2, -0.15) is 0 Å². The molecule has 1 aromatic heterocycles. The van der Waals surface area contributed by atoms with Crippen molar-refractivity contribution >= 4 is 11.6 Å². The molecule has 0 saturated carbocycles. The van der Waals surface area contributed by atoms with E-state index in [-0.39, 0.29) is 5.91 Å². The third-order valence-corrected chi connectivity index (χ3v) is 4.07. The summed E-state index contributed by atoms with van der Waals surface area (Å²) in [6.07, 6.45) is 4.06. The fraction of sp³-hybridized carbons (Fsp3) is 0.368. The standard InChI is InChI=1S/C13H10N2O.C6H16N2/c16-13-7-10-4-3-9(6-12(10)15-13)11-2-1-5-14-8-11;1-3-8(4-2)6-5-7/h1-6,8H,7H2,(H,15,16);3-7H2,1-2H3. The second-order valence-corrected chi connectivity index (χ2v) is 5.65. The van der Waals surface area contributed by atoms with Crippen LogP contribution in [-0.2, 0) is 11.2 Å². The maximum absolute atomic E-state index is 11.2. The highest BCUT2D eigenvalue weighted by atomic mass is 16.1. The molecule has 0 saturated heterocycles. The number of aromatic nitrogens is 1. The maximum atomic E-state index is 11.2. The molecule has 1 amide bonds. The smallest absolute Gasteiger partial charge is 0.228 e. The van der Waals surface area contributed by atoms with Gasteiger partial charge in [-0.3, -0.25) is 9.78 Å². The number of nitrogens with two attached hydrogens (primary N) is 1. The lowest BCUT2D eigenvalue weighted by Gasteiger charge is -2.15. The number of fused-ring (bicyclic) bond motifs is 1. The Morgan fingerprint density at radius 2 is 2.00 bits per heavy atom. The van der Waals surface area contributed by atoms with Crippen LogP contribution in [0, 0.1) is 0 Å². The number of hydrogen-bond donors (Lipinski definition) is 2. The van der Waals surface area contributed by atoms with Crippen LogP contribution in [0.2, 0.25) is 0 Å². The van der Waals surface area contributed by atoms with Crippen molar-refractivity contribution in [2.75, 3.05) is 31.5 Å². The van der Waals surface area contributed by atoms with Crippen LogP contribution < -0.4 is 11.1 Å². The van der Waals surface area contributed by atoms with Gasteiger partial charge in [0.1, 0.15) is 0 Å². The molecule has 3 rings (SSSR count). The number of benzene rings is 1. The molecular formula is C19H26N4O. The summed E-state index contributed by atoms with van der Waals surface area (Å²) in [5, 5.41) is 2.85. The predicted molar refractivity (Wildman–Crippen MR) is 98.8 cm³/mol. The molecule has 0 unspecified atom stereocenters. The Hall–Kier alpha value is -2.24. The first-order valence-electron chi connectivity index (χ1n) is 8.43. The van der Waals surface area contributed by atoms with Crippen LogP contribution in [0.15, 0.2) is 42.7 Å². The molecule has 5 nitrogen and oxygen atoms in total. The van der Waals surface area contributed by atoms with E-state index in [2.05, 4.69) is 29.0 Å². The number of anilines is 1. The molecule has 0 fully saturated rings. The first-order chi connectivity index (χ1) is 11.7. The number of hydrogen-bond acceptors (Lipinski definition) is 4. The molecule has 0 spiro atoms. The number of nitrogens with zero attached hydrogens (tertiary/aromatic N) is 2. The molecular weight excluding hydrogens is 300 g/mol. The molecule has 3 N–H and O–H groups in total. The Bertz CT molecular complexity index is 654. The van der Waals surface area contributed by atoms with Crippen molar-refractivity contribution in [2.45, 2.75) is 20.3 Å². The van der Waals surface area contributed by atoms with Gasteiger partial charge in [0.25, 0.3) is 0 Å². The number of nitrogens with one attached hydrogen (secondary N) is 1. The SMILES string of the molecule is CCN(CC)CCN.O=C1Cc2ccc(-c3cccnc3)cc2N1. The molecule has 0 aliphatic carbocycles. The van der Waals surface area contributed by atoms with Crippen molar-refractivity contribution in [3.05, 3.63) is 48.3 Å². The molecule has 24 heavy (non-hydrogen) atoms. The lowest BCUT2D eigenvalue weighted by Crippen LogP contribution is -2.28. The summed E-state index contributed by atoms with van der Waals surface area (Å²) in [5.74, 6) is 0.0679. The average Bonchev–Trinajstić information content (AvgIpc) is 3.00. The highest BCUT2D eigenvalue weighted by molar-refractivity contribution is 5.99. The first-order valence-corrected chi connectivity index (χ1v) is 8.43. The summed E-state index contributed by atoms with van der Waals surface area (Å²) in [6.45, 7) is 8.36. The van der Waals surface area contributed by atoms with E-state index >= 15 is 0 Å². The lowest BCUT2D eigenvalue weighted by molar-refractivity contribution is -0.115. The third-order valence-electron chi connectivity index (χ3n) is 4.07. The monoisotopic (exact) mass is 326 g/mol. The molecule has 2 aromatic rings. The van der Waals surface area contributed by atoms with Crippen LogP contribution >= 0.6 is 0 Å². The largest absolute Gasteiger partial charge is 0.329 e. The Morgan fingerprint density at radius 3 is 2.58 bits per heavy atom. The van der Waals surface area contributed by atoms with Gasteiger partial charge in [-0.15, -0.1) is 0 Å². The van der Waals surface area contributed by atoms with E-state index in [4.69, 9.17) is 5.73 Å². The number of carbonyl (C=O) groups excluding carboxylic acids is 1. The zero-order chi connectivity index (χ0) is 17.4. The molecule has 2 heterocycles. The van der Waals surface area contributed by atoms with Crippen LogP contribution in [-0.4, -0.2) is 42.0 Å². The zero-order valence-electron chi connectivity index (χ0n) is 14.5. The molecule has 0 radical (unpaired) electrons. The number of carbonyl (C=O) groups is 1. The summed E-state index contributed by atoms with van der Waals surface area (Å²) in [7, 11) is 0. The predicted octanol–water partition coefficient (Wildman–Crippen LogP) is 2.53. The van der Waals surface area contributed by atoms with Crippen molar-refractivity contribution in [3.63, 3.8) is 0 Å². The van der Waals surface area contributed by atoms with Gasteiger partial charge >= 0.3 is 0 Å². The number of amides is 1.